The Morgan fingerprint density at radius 3 is 2.21 bits per heavy atom. The molecule has 0 radical (unpaired) electrons. The van der Waals surface area contributed by atoms with E-state index < -0.39 is 34.7 Å². The first kappa shape index (κ1) is 24.9. The zero-order valence-corrected chi connectivity index (χ0v) is 18.6. The van der Waals surface area contributed by atoms with Crippen LogP contribution in [0, 0.1) is 0 Å². The van der Waals surface area contributed by atoms with Gasteiger partial charge in [-0.25, -0.2) is 4.79 Å². The van der Waals surface area contributed by atoms with E-state index in [0.717, 1.165) is 0 Å². The number of hydrogen-bond donors (Lipinski definition) is 2. The van der Waals surface area contributed by atoms with Gasteiger partial charge >= 0.3 is 12.1 Å². The number of nitrogens with one attached hydrogen (secondary N) is 2. The number of rotatable bonds is 7. The van der Waals surface area contributed by atoms with Crippen LogP contribution in [0.15, 0.2) is 0 Å². The van der Waals surface area contributed by atoms with Crippen molar-refractivity contribution in [2.45, 2.75) is 78.0 Å². The summed E-state index contributed by atoms with van der Waals surface area (Å²) < 4.78 is 10.4. The first-order chi connectivity index (χ1) is 13.2. The summed E-state index contributed by atoms with van der Waals surface area (Å²) >= 11 is 0. The molecule has 1 rings (SSSR count). The summed E-state index contributed by atoms with van der Waals surface area (Å²) in [7, 11) is 0. The van der Waals surface area contributed by atoms with Crippen LogP contribution in [-0.2, 0) is 23.9 Å². The molecule has 2 N–H and O–H groups in total. The number of ketones is 1. The van der Waals surface area contributed by atoms with Crippen LogP contribution in [0.3, 0.4) is 0 Å². The Morgan fingerprint density at radius 1 is 1.10 bits per heavy atom. The molecule has 166 valence electrons. The highest BCUT2D eigenvalue weighted by Gasteiger charge is 2.47. The number of alkyl carbamates (subject to hydrolysis) is 1. The molecule has 9 heteroatoms. The second-order valence-electron chi connectivity index (χ2n) is 9.23. The molecular formula is C20H35N3O6. The van der Waals surface area contributed by atoms with Crippen molar-refractivity contribution in [1.29, 1.82) is 0 Å². The zero-order valence-electron chi connectivity index (χ0n) is 18.6. The Bertz CT molecular complexity index is 635. The van der Waals surface area contributed by atoms with Crippen molar-refractivity contribution in [3.8, 4) is 0 Å². The van der Waals surface area contributed by atoms with Gasteiger partial charge in [0.05, 0.1) is 0 Å². The topological polar surface area (TPSA) is 114 Å². The Hall–Kier alpha value is -2.16. The number of hydrogen-bond acceptors (Lipinski definition) is 7. The molecule has 0 aromatic carbocycles. The lowest BCUT2D eigenvalue weighted by Gasteiger charge is -2.41. The van der Waals surface area contributed by atoms with Crippen molar-refractivity contribution in [1.82, 2.24) is 15.5 Å². The summed E-state index contributed by atoms with van der Waals surface area (Å²) in [5, 5.41) is 5.64. The molecule has 1 unspecified atom stereocenters. The van der Waals surface area contributed by atoms with Gasteiger partial charge in [0.25, 0.3) is 5.91 Å². The van der Waals surface area contributed by atoms with Crippen molar-refractivity contribution in [2.75, 3.05) is 26.2 Å². The van der Waals surface area contributed by atoms with Crippen molar-refractivity contribution in [3.63, 3.8) is 0 Å². The quantitative estimate of drug-likeness (QED) is 0.368. The van der Waals surface area contributed by atoms with E-state index in [1.165, 1.54) is 11.8 Å². The molecule has 29 heavy (non-hydrogen) atoms. The molecule has 1 fully saturated rings. The number of carbonyl (C=O) groups is 4. The fourth-order valence-electron chi connectivity index (χ4n) is 3.04. The third-order valence-electron chi connectivity index (χ3n) is 4.20. The normalized spacial score (nSPS) is 20.2. The molecule has 1 saturated heterocycles. The molecule has 0 saturated carbocycles. The molecule has 1 atom stereocenters. The highest BCUT2D eigenvalue weighted by atomic mass is 16.6. The van der Waals surface area contributed by atoms with Crippen LogP contribution in [0.25, 0.3) is 0 Å². The first-order valence-electron chi connectivity index (χ1n) is 9.90. The Kier molecular flexibility index (Phi) is 8.20. The third-order valence-corrected chi connectivity index (χ3v) is 4.20. The molecule has 2 amide bonds. The van der Waals surface area contributed by atoms with E-state index in [-0.39, 0.29) is 25.3 Å². The Morgan fingerprint density at radius 2 is 1.69 bits per heavy atom. The first-order valence-corrected chi connectivity index (χ1v) is 9.90. The van der Waals surface area contributed by atoms with E-state index >= 15 is 0 Å². The molecule has 0 bridgehead atoms. The standard InChI is InChI=1S/C20H35N3O6/c1-14(24)20(9-8-10-21-17(27)29-19(5,6)7)16(26)23(12-11-22-20)13-15(25)28-18(2,3)4/h22H,8-13H2,1-7H3,(H,21,27). The molecular weight excluding hydrogens is 378 g/mol. The smallest absolute Gasteiger partial charge is 0.407 e. The maximum Gasteiger partial charge on any atom is 0.407 e. The van der Waals surface area contributed by atoms with Crippen LogP contribution in [0.2, 0.25) is 0 Å². The lowest BCUT2D eigenvalue weighted by atomic mass is 9.85. The molecule has 9 nitrogen and oxygen atoms in total. The van der Waals surface area contributed by atoms with Crippen LogP contribution in [0.4, 0.5) is 4.79 Å². The summed E-state index contributed by atoms with van der Waals surface area (Å²) in [6.45, 7) is 12.6. The zero-order chi connectivity index (χ0) is 22.5. The van der Waals surface area contributed by atoms with Crippen molar-refractivity contribution < 1.29 is 28.7 Å². The van der Waals surface area contributed by atoms with E-state index in [1.54, 1.807) is 41.5 Å². The summed E-state index contributed by atoms with van der Waals surface area (Å²) in [5.74, 6) is -1.29. The van der Waals surface area contributed by atoms with Crippen LogP contribution in [0.1, 0.15) is 61.3 Å². The predicted octanol–water partition coefficient (Wildman–Crippen LogP) is 1.39. The number of piperazine rings is 1. The molecule has 1 heterocycles. The van der Waals surface area contributed by atoms with Gasteiger partial charge in [-0.3, -0.25) is 19.7 Å². The van der Waals surface area contributed by atoms with Crippen molar-refractivity contribution in [2.24, 2.45) is 0 Å². The minimum absolute atomic E-state index is 0.196. The number of amides is 2. The van der Waals surface area contributed by atoms with Crippen molar-refractivity contribution >= 4 is 23.8 Å². The van der Waals surface area contributed by atoms with Gasteiger partial charge in [-0.15, -0.1) is 0 Å². The second kappa shape index (κ2) is 9.56. The minimum atomic E-state index is -1.41. The van der Waals surface area contributed by atoms with Gasteiger partial charge in [-0.2, -0.15) is 0 Å². The van der Waals surface area contributed by atoms with Gasteiger partial charge in [-0.05, 0) is 61.3 Å². The highest BCUT2D eigenvalue weighted by Crippen LogP contribution is 2.22. The summed E-state index contributed by atoms with van der Waals surface area (Å²) in [4.78, 5) is 50.6. The van der Waals surface area contributed by atoms with E-state index in [2.05, 4.69) is 10.6 Å². The largest absolute Gasteiger partial charge is 0.459 e. The number of nitrogens with zero attached hydrogens (tertiary/aromatic N) is 1. The number of Topliss-reactive ketones (excluding diaryl/α,β-unsaturated/α-hetero) is 1. The molecule has 1 aliphatic rings. The van der Waals surface area contributed by atoms with Gasteiger partial charge in [0.2, 0.25) is 0 Å². The fraction of sp³-hybridized carbons (Fsp3) is 0.800. The van der Waals surface area contributed by atoms with Crippen LogP contribution >= 0.6 is 0 Å². The van der Waals surface area contributed by atoms with Gasteiger partial charge in [0.15, 0.2) is 11.3 Å². The Balaban J connectivity index is 2.70. The SMILES string of the molecule is CC(=O)C1(CCCNC(=O)OC(C)(C)C)NCCN(CC(=O)OC(C)(C)C)C1=O. The maximum absolute atomic E-state index is 13.0. The van der Waals surface area contributed by atoms with E-state index in [0.29, 0.717) is 19.5 Å². The summed E-state index contributed by atoms with van der Waals surface area (Å²) in [6, 6.07) is 0. The Labute approximate surface area is 172 Å². The second-order valence-corrected chi connectivity index (χ2v) is 9.23. The lowest BCUT2D eigenvalue weighted by Crippen LogP contribution is -2.68. The fourth-order valence-corrected chi connectivity index (χ4v) is 3.04. The highest BCUT2D eigenvalue weighted by molar-refractivity contribution is 6.10. The summed E-state index contributed by atoms with van der Waals surface area (Å²) in [5.41, 5.74) is -2.66. The van der Waals surface area contributed by atoms with Crippen molar-refractivity contribution in [3.05, 3.63) is 0 Å². The maximum atomic E-state index is 13.0. The van der Waals surface area contributed by atoms with Gasteiger partial charge in [-0.1, -0.05) is 0 Å². The summed E-state index contributed by atoms with van der Waals surface area (Å²) in [6.07, 6.45) is 0.0310. The predicted molar refractivity (Wildman–Crippen MR) is 107 cm³/mol. The number of ether oxygens (including phenoxy) is 2. The van der Waals surface area contributed by atoms with Gasteiger partial charge in [0.1, 0.15) is 17.7 Å². The van der Waals surface area contributed by atoms with Gasteiger partial charge in [0, 0.05) is 19.6 Å². The molecule has 0 aromatic heterocycles. The number of esters is 1. The molecule has 0 spiro atoms. The van der Waals surface area contributed by atoms with E-state index in [9.17, 15) is 19.2 Å². The van der Waals surface area contributed by atoms with E-state index in [1.807, 2.05) is 0 Å². The van der Waals surface area contributed by atoms with E-state index in [4.69, 9.17) is 9.47 Å². The van der Waals surface area contributed by atoms with Crippen LogP contribution < -0.4 is 10.6 Å². The third kappa shape index (κ3) is 8.00. The monoisotopic (exact) mass is 413 g/mol. The molecule has 0 aromatic rings. The number of carbonyl (C=O) groups excluding carboxylic acids is 4. The average Bonchev–Trinajstić information content (AvgIpc) is 2.51. The lowest BCUT2D eigenvalue weighted by molar-refractivity contribution is -0.162. The van der Waals surface area contributed by atoms with Gasteiger partial charge < -0.3 is 19.7 Å². The minimum Gasteiger partial charge on any atom is -0.459 e. The molecule has 0 aliphatic carbocycles. The van der Waals surface area contributed by atoms with Crippen LogP contribution in [-0.4, -0.2) is 71.6 Å². The average molecular weight is 414 g/mol. The molecule has 1 aliphatic heterocycles. The van der Waals surface area contributed by atoms with Crippen LogP contribution in [0.5, 0.6) is 0 Å².